The number of ketones is 2. The quantitative estimate of drug-likeness (QED) is 0.677. The van der Waals surface area contributed by atoms with Gasteiger partial charge in [0, 0.05) is 27.4 Å². The molecular formula is C19H26O2. The Kier molecular flexibility index (Phi) is 1.89. The van der Waals surface area contributed by atoms with E-state index in [0.29, 0.717) is 36.4 Å². The molecule has 2 unspecified atom stereocenters. The zero-order valence-electron chi connectivity index (χ0n) is 14.9. The first-order chi connectivity index (χ1) is 10.8. The molecule has 0 amide bonds. The molecule has 0 radical (unpaired) electrons. The fourth-order valence-electron chi connectivity index (χ4n) is 7.15. The van der Waals surface area contributed by atoms with Crippen molar-refractivity contribution in [3.05, 3.63) is 0 Å². The number of rotatable bonds is 0. The molecule has 5 saturated carbocycles. The van der Waals surface area contributed by atoms with Crippen LogP contribution in [-0.4, -0.2) is 11.6 Å². The van der Waals surface area contributed by atoms with E-state index in [9.17, 15) is 9.59 Å². The Labute approximate surface area is 129 Å². The number of carbonyl (C=O) groups excluding carboxylic acids is 2. The number of Topliss-reactive ketones (excluding diaryl/α,β-unsaturated/α-hetero) is 2. The van der Waals surface area contributed by atoms with Crippen LogP contribution >= 0.6 is 0 Å². The molecule has 0 N–H and O–H groups in total. The number of carbonyl (C=O) groups is 2. The second-order valence-corrected chi connectivity index (χ2v) is 8.73. The smallest absolute Gasteiger partial charge is 0.139 e. The average molecular weight is 288 g/mol. The van der Waals surface area contributed by atoms with Gasteiger partial charge in [-0.05, 0) is 73.5 Å². The minimum atomic E-state index is -1.16. The van der Waals surface area contributed by atoms with Crippen molar-refractivity contribution < 1.29 is 12.3 Å². The van der Waals surface area contributed by atoms with E-state index in [0.717, 1.165) is 44.9 Å². The molecule has 0 heterocycles. The van der Waals surface area contributed by atoms with Crippen LogP contribution in [0.25, 0.3) is 0 Å². The summed E-state index contributed by atoms with van der Waals surface area (Å²) in [7, 11) is 0. The lowest BCUT2D eigenvalue weighted by Gasteiger charge is -2.53. The van der Waals surface area contributed by atoms with E-state index in [4.69, 9.17) is 2.74 Å². The topological polar surface area (TPSA) is 34.1 Å². The zero-order valence-corrected chi connectivity index (χ0v) is 12.9. The molecule has 2 heteroatoms. The SMILES string of the molecule is [2H]C1([2H])C23CC[C@@H]4[C@H](CC[C@]5(C)C(=O)CC[C@@H]45)C12CCC(=O)C3. The highest BCUT2D eigenvalue weighted by molar-refractivity contribution is 5.87. The third-order valence-corrected chi connectivity index (χ3v) is 8.23. The van der Waals surface area contributed by atoms with Gasteiger partial charge in [0.15, 0.2) is 0 Å². The summed E-state index contributed by atoms with van der Waals surface area (Å²) in [6, 6.07) is 0. The summed E-state index contributed by atoms with van der Waals surface area (Å²) in [5.41, 5.74) is -0.736. The maximum Gasteiger partial charge on any atom is 0.139 e. The fraction of sp³-hybridized carbons (Fsp3) is 0.895. The highest BCUT2D eigenvalue weighted by Gasteiger charge is 2.75. The van der Waals surface area contributed by atoms with Crippen LogP contribution in [0, 0.1) is 34.0 Å². The minimum absolute atomic E-state index is 0.135. The Morgan fingerprint density at radius 3 is 2.76 bits per heavy atom. The van der Waals surface area contributed by atoms with E-state index in [2.05, 4.69) is 6.92 Å². The summed E-state index contributed by atoms with van der Waals surface area (Å²) < 4.78 is 17.6. The summed E-state index contributed by atoms with van der Waals surface area (Å²) in [6.07, 6.45) is 6.24. The van der Waals surface area contributed by atoms with E-state index in [1.54, 1.807) is 0 Å². The van der Waals surface area contributed by atoms with Crippen molar-refractivity contribution in [1.29, 1.82) is 0 Å². The molecule has 5 aliphatic rings. The predicted molar refractivity (Wildman–Crippen MR) is 79.6 cm³/mol. The van der Waals surface area contributed by atoms with Crippen LogP contribution in [0.4, 0.5) is 0 Å². The first-order valence-electron chi connectivity index (χ1n) is 9.85. The standard InChI is InChI=1S/C19H26O2/c1-17-7-6-15-13(14(17)2-3-16(17)21)5-8-18-10-12(20)4-9-19(15,18)11-18/h13-15H,2-11H2,1H3/t13-,14-,15-,17-,18?,19?/m0/s1/i11D2. The van der Waals surface area contributed by atoms with Crippen molar-refractivity contribution in [3.8, 4) is 0 Å². The van der Waals surface area contributed by atoms with Crippen molar-refractivity contribution in [2.45, 2.75) is 71.1 Å². The predicted octanol–water partition coefficient (Wildman–Crippen LogP) is 3.92. The molecule has 0 spiro atoms. The van der Waals surface area contributed by atoms with Gasteiger partial charge in [0.1, 0.15) is 11.6 Å². The molecule has 5 aliphatic carbocycles. The first kappa shape index (κ1) is 11.0. The average Bonchev–Trinajstić information content (AvgIpc) is 2.77. The molecule has 0 aromatic heterocycles. The molecule has 0 bridgehead atoms. The van der Waals surface area contributed by atoms with E-state index in [-0.39, 0.29) is 22.0 Å². The van der Waals surface area contributed by atoms with Gasteiger partial charge in [0.25, 0.3) is 0 Å². The monoisotopic (exact) mass is 288 g/mol. The van der Waals surface area contributed by atoms with Gasteiger partial charge in [-0.1, -0.05) is 6.92 Å². The van der Waals surface area contributed by atoms with Gasteiger partial charge in [0.2, 0.25) is 0 Å². The van der Waals surface area contributed by atoms with Crippen LogP contribution in [0.15, 0.2) is 0 Å². The Balaban J connectivity index is 1.56. The lowest BCUT2D eigenvalue weighted by Crippen LogP contribution is -2.48. The van der Waals surface area contributed by atoms with Crippen LogP contribution in [0.3, 0.4) is 0 Å². The Bertz CT molecular complexity index is 629. The molecule has 2 nitrogen and oxygen atoms in total. The van der Waals surface area contributed by atoms with E-state index in [1.807, 2.05) is 0 Å². The highest BCUT2D eigenvalue weighted by atomic mass is 16.1. The number of fused-ring (bicyclic) bond motifs is 3. The Hall–Kier alpha value is -0.660. The van der Waals surface area contributed by atoms with Gasteiger partial charge in [-0.25, -0.2) is 0 Å². The van der Waals surface area contributed by atoms with Gasteiger partial charge in [0.05, 0.1) is 0 Å². The molecule has 5 rings (SSSR count). The summed E-state index contributed by atoms with van der Waals surface area (Å²) in [4.78, 5) is 24.5. The molecule has 6 atom stereocenters. The van der Waals surface area contributed by atoms with Crippen molar-refractivity contribution >= 4 is 11.6 Å². The molecule has 0 aromatic rings. The summed E-state index contributed by atoms with van der Waals surface area (Å²) in [5.74, 6) is 2.11. The van der Waals surface area contributed by atoms with Crippen LogP contribution in [0.2, 0.25) is 0 Å². The Morgan fingerprint density at radius 1 is 1.05 bits per heavy atom. The molecule has 0 saturated heterocycles. The van der Waals surface area contributed by atoms with Crippen LogP contribution in [0.5, 0.6) is 0 Å². The summed E-state index contributed by atoms with van der Waals surface area (Å²) >= 11 is 0. The minimum Gasteiger partial charge on any atom is -0.300 e. The molecule has 5 fully saturated rings. The summed E-state index contributed by atoms with van der Waals surface area (Å²) in [5, 5.41) is 0. The van der Waals surface area contributed by atoms with Crippen molar-refractivity contribution in [2.75, 3.05) is 0 Å². The van der Waals surface area contributed by atoms with Crippen molar-refractivity contribution in [2.24, 2.45) is 34.0 Å². The first-order valence-corrected chi connectivity index (χ1v) is 8.85. The zero-order chi connectivity index (χ0) is 16.3. The van der Waals surface area contributed by atoms with Gasteiger partial charge in [-0.2, -0.15) is 0 Å². The largest absolute Gasteiger partial charge is 0.300 e. The molecular weight excluding hydrogens is 260 g/mol. The second kappa shape index (κ2) is 3.63. The van der Waals surface area contributed by atoms with Gasteiger partial charge in [-0.15, -0.1) is 0 Å². The molecule has 21 heavy (non-hydrogen) atoms. The van der Waals surface area contributed by atoms with Crippen LogP contribution in [0.1, 0.15) is 73.8 Å². The lowest BCUT2D eigenvalue weighted by molar-refractivity contribution is -0.134. The molecule has 0 aromatic carbocycles. The second-order valence-electron chi connectivity index (χ2n) is 8.73. The normalized spacial score (nSPS) is 61.9. The van der Waals surface area contributed by atoms with Crippen molar-refractivity contribution in [3.63, 3.8) is 0 Å². The van der Waals surface area contributed by atoms with E-state index in [1.165, 1.54) is 0 Å². The molecule has 114 valence electrons. The van der Waals surface area contributed by atoms with Crippen LogP contribution in [-0.2, 0) is 9.59 Å². The number of hydrogen-bond acceptors (Lipinski definition) is 2. The van der Waals surface area contributed by atoms with Crippen molar-refractivity contribution in [1.82, 2.24) is 0 Å². The third kappa shape index (κ3) is 1.32. The summed E-state index contributed by atoms with van der Waals surface area (Å²) in [6.45, 7) is 2.18. The third-order valence-electron chi connectivity index (χ3n) is 8.23. The van der Waals surface area contributed by atoms with Gasteiger partial charge < -0.3 is 0 Å². The van der Waals surface area contributed by atoms with E-state index < -0.39 is 6.37 Å². The van der Waals surface area contributed by atoms with E-state index >= 15 is 0 Å². The lowest BCUT2D eigenvalue weighted by atomic mass is 9.50. The maximum absolute atomic E-state index is 12.4. The van der Waals surface area contributed by atoms with Gasteiger partial charge >= 0.3 is 0 Å². The Morgan fingerprint density at radius 2 is 1.90 bits per heavy atom. The van der Waals surface area contributed by atoms with Gasteiger partial charge in [-0.3, -0.25) is 9.59 Å². The highest BCUT2D eigenvalue weighted by Crippen LogP contribution is 2.82. The van der Waals surface area contributed by atoms with Crippen LogP contribution < -0.4 is 0 Å². The molecule has 0 aliphatic heterocycles. The maximum atomic E-state index is 12.4. The number of hydrogen-bond donors (Lipinski definition) is 0. The fourth-order valence-corrected chi connectivity index (χ4v) is 7.15.